The van der Waals surface area contributed by atoms with Crippen molar-refractivity contribution in [1.82, 2.24) is 20.3 Å². The highest BCUT2D eigenvalue weighted by molar-refractivity contribution is 5.99. The molecule has 1 aromatic heterocycles. The molecule has 1 atom stereocenters. The summed E-state index contributed by atoms with van der Waals surface area (Å²) in [5.41, 5.74) is 5.44. The maximum absolute atomic E-state index is 12.6. The molecule has 1 aliphatic heterocycles. The van der Waals surface area contributed by atoms with Gasteiger partial charge in [0.15, 0.2) is 0 Å². The minimum absolute atomic E-state index is 0.0780. The van der Waals surface area contributed by atoms with Gasteiger partial charge >= 0.3 is 0 Å². The Morgan fingerprint density at radius 3 is 2.88 bits per heavy atom. The molecule has 4 N–H and O–H groups in total. The summed E-state index contributed by atoms with van der Waals surface area (Å²) >= 11 is 0. The zero-order valence-corrected chi connectivity index (χ0v) is 12.5. The fraction of sp³-hybridized carbons (Fsp3) is 0.286. The maximum atomic E-state index is 12.6. The molecule has 0 bridgehead atoms. The molecule has 3 rings (SSSR count). The fourth-order valence-corrected chi connectivity index (χ4v) is 2.47. The number of primary amides is 1. The summed E-state index contributed by atoms with van der Waals surface area (Å²) in [5.74, 6) is -1.50. The van der Waals surface area contributed by atoms with Crippen molar-refractivity contribution >= 4 is 34.3 Å². The summed E-state index contributed by atoms with van der Waals surface area (Å²) < 4.78 is 0.974. The molecule has 1 unspecified atom stereocenters. The van der Waals surface area contributed by atoms with Gasteiger partial charge in [0.05, 0.1) is 11.9 Å². The smallest absolute Gasteiger partial charge is 0.278 e. The summed E-state index contributed by atoms with van der Waals surface area (Å²) in [7, 11) is 0. The Morgan fingerprint density at radius 2 is 2.17 bits per heavy atom. The Kier molecular flexibility index (Phi) is 3.94. The number of carbonyl (C=O) groups excluding carboxylic acids is 3. The number of amides is 3. The lowest BCUT2D eigenvalue weighted by Crippen LogP contribution is -2.45. The first kappa shape index (κ1) is 15.6. The van der Waals surface area contributed by atoms with Crippen molar-refractivity contribution in [3.63, 3.8) is 0 Å². The number of carbonyl (C=O) groups is 3. The molecule has 10 nitrogen and oxygen atoms in total. The van der Waals surface area contributed by atoms with E-state index in [1.165, 1.54) is 6.07 Å². The monoisotopic (exact) mass is 330 g/mol. The minimum atomic E-state index is -0.880. The zero-order chi connectivity index (χ0) is 17.3. The predicted octanol–water partition coefficient (Wildman–Crippen LogP) is -1.33. The summed E-state index contributed by atoms with van der Waals surface area (Å²) in [5, 5.41) is 12.9. The Bertz CT molecular complexity index is 906. The molecule has 10 heteroatoms. The third-order valence-corrected chi connectivity index (χ3v) is 3.66. The molecule has 0 saturated carbocycles. The molecule has 124 valence electrons. The van der Waals surface area contributed by atoms with E-state index in [-0.39, 0.29) is 30.7 Å². The van der Waals surface area contributed by atoms with Gasteiger partial charge in [0.2, 0.25) is 11.8 Å². The van der Waals surface area contributed by atoms with Crippen LogP contribution in [-0.4, -0.2) is 39.3 Å². The van der Waals surface area contributed by atoms with Gasteiger partial charge in [0, 0.05) is 12.1 Å². The van der Waals surface area contributed by atoms with Crippen LogP contribution >= 0.6 is 0 Å². The quantitative estimate of drug-likeness (QED) is 0.588. The number of imide groups is 1. The third-order valence-electron chi connectivity index (χ3n) is 3.66. The highest BCUT2D eigenvalue weighted by Gasteiger charge is 2.30. The van der Waals surface area contributed by atoms with E-state index in [9.17, 15) is 19.2 Å². The number of aromatic nitrogens is 3. The second-order valence-electron chi connectivity index (χ2n) is 5.36. The Hall–Kier alpha value is -3.30. The third kappa shape index (κ3) is 2.93. The number of nitrogens with two attached hydrogens (primary N) is 1. The molecule has 2 heterocycles. The molecular weight excluding hydrogens is 316 g/mol. The Balaban J connectivity index is 1.99. The summed E-state index contributed by atoms with van der Waals surface area (Å²) in [6.07, 6.45) is 0.313. The van der Waals surface area contributed by atoms with Crippen LogP contribution in [0.25, 0.3) is 10.9 Å². The summed E-state index contributed by atoms with van der Waals surface area (Å²) in [4.78, 5) is 46.6. The molecule has 2 aromatic rings. The number of rotatable bonds is 4. The van der Waals surface area contributed by atoms with Crippen LogP contribution in [0.1, 0.15) is 18.9 Å². The first-order valence-electron chi connectivity index (χ1n) is 7.21. The van der Waals surface area contributed by atoms with Gasteiger partial charge in [-0.2, -0.15) is 4.68 Å². The van der Waals surface area contributed by atoms with Crippen LogP contribution in [0.2, 0.25) is 0 Å². The predicted molar refractivity (Wildman–Crippen MR) is 82.9 cm³/mol. The molecule has 24 heavy (non-hydrogen) atoms. The second kappa shape index (κ2) is 6.07. The van der Waals surface area contributed by atoms with E-state index in [4.69, 9.17) is 5.73 Å². The van der Waals surface area contributed by atoms with E-state index in [1.807, 2.05) is 0 Å². The normalized spacial score (nSPS) is 17.6. The number of piperidine rings is 1. The van der Waals surface area contributed by atoms with Crippen molar-refractivity contribution < 1.29 is 14.4 Å². The number of anilines is 1. The number of fused-ring (bicyclic) bond motifs is 1. The Morgan fingerprint density at radius 1 is 1.38 bits per heavy atom. The zero-order valence-electron chi connectivity index (χ0n) is 12.5. The number of hydrogen-bond donors (Lipinski definition) is 3. The second-order valence-corrected chi connectivity index (χ2v) is 5.36. The van der Waals surface area contributed by atoms with Gasteiger partial charge in [0.25, 0.3) is 11.5 Å². The number of hydrogen-bond acceptors (Lipinski definition) is 7. The fourth-order valence-electron chi connectivity index (χ4n) is 2.47. The van der Waals surface area contributed by atoms with Gasteiger partial charge in [-0.1, -0.05) is 5.21 Å². The highest BCUT2D eigenvalue weighted by atomic mass is 16.2. The topological polar surface area (TPSA) is 149 Å². The van der Waals surface area contributed by atoms with Crippen LogP contribution in [0.3, 0.4) is 0 Å². The molecule has 1 fully saturated rings. The molecule has 1 aliphatic rings. The van der Waals surface area contributed by atoms with Gasteiger partial charge in [-0.25, -0.2) is 0 Å². The van der Waals surface area contributed by atoms with E-state index in [2.05, 4.69) is 20.9 Å². The van der Waals surface area contributed by atoms with E-state index in [1.54, 1.807) is 12.1 Å². The van der Waals surface area contributed by atoms with Crippen molar-refractivity contribution in [2.24, 2.45) is 5.73 Å². The first-order chi connectivity index (χ1) is 11.5. The van der Waals surface area contributed by atoms with Crippen LogP contribution in [-0.2, 0) is 14.4 Å². The first-order valence-corrected chi connectivity index (χ1v) is 7.21. The van der Waals surface area contributed by atoms with E-state index >= 15 is 0 Å². The van der Waals surface area contributed by atoms with Gasteiger partial charge in [-0.15, -0.1) is 5.10 Å². The van der Waals surface area contributed by atoms with Crippen molar-refractivity contribution in [3.05, 3.63) is 28.6 Å². The molecule has 3 amide bonds. The average Bonchev–Trinajstić information content (AvgIpc) is 2.54. The highest BCUT2D eigenvalue weighted by Crippen LogP contribution is 2.18. The maximum Gasteiger partial charge on any atom is 0.278 e. The summed E-state index contributed by atoms with van der Waals surface area (Å²) in [6.45, 7) is -0.0780. The number of benzene rings is 1. The van der Waals surface area contributed by atoms with E-state index in [0.717, 1.165) is 4.68 Å². The van der Waals surface area contributed by atoms with Crippen LogP contribution in [0.5, 0.6) is 0 Å². The van der Waals surface area contributed by atoms with E-state index < -0.39 is 23.4 Å². The number of nitrogens with zero attached hydrogens (tertiary/aromatic N) is 3. The lowest BCUT2D eigenvalue weighted by atomic mass is 10.1. The lowest BCUT2D eigenvalue weighted by molar-refractivity contribution is -0.136. The van der Waals surface area contributed by atoms with Gasteiger partial charge in [-0.05, 0) is 24.6 Å². The van der Waals surface area contributed by atoms with Gasteiger partial charge in [-0.3, -0.25) is 24.5 Å². The van der Waals surface area contributed by atoms with Gasteiger partial charge in [0.1, 0.15) is 11.6 Å². The largest absolute Gasteiger partial charge is 0.376 e. The molecule has 1 saturated heterocycles. The van der Waals surface area contributed by atoms with Crippen molar-refractivity contribution in [1.29, 1.82) is 0 Å². The molecule has 0 spiro atoms. The SMILES string of the molecule is NC(=O)CNc1ccc2nnn(C3CCC(=O)NC3=O)c(=O)c2c1. The van der Waals surface area contributed by atoms with Crippen LogP contribution < -0.4 is 21.9 Å². The van der Waals surface area contributed by atoms with Crippen molar-refractivity contribution in [2.45, 2.75) is 18.9 Å². The van der Waals surface area contributed by atoms with Crippen molar-refractivity contribution in [2.75, 3.05) is 11.9 Å². The van der Waals surface area contributed by atoms with Crippen molar-refractivity contribution in [3.8, 4) is 0 Å². The number of nitrogens with one attached hydrogen (secondary N) is 2. The van der Waals surface area contributed by atoms with Gasteiger partial charge < -0.3 is 11.1 Å². The Labute approximate surface area is 135 Å². The minimum Gasteiger partial charge on any atom is -0.376 e. The molecular formula is C14H14N6O4. The molecule has 1 aromatic carbocycles. The molecule has 0 radical (unpaired) electrons. The van der Waals surface area contributed by atoms with Crippen LogP contribution in [0, 0.1) is 0 Å². The lowest BCUT2D eigenvalue weighted by Gasteiger charge is -2.21. The average molecular weight is 330 g/mol. The van der Waals surface area contributed by atoms with E-state index in [0.29, 0.717) is 11.2 Å². The van der Waals surface area contributed by atoms with Crippen LogP contribution in [0.4, 0.5) is 5.69 Å². The summed E-state index contributed by atoms with van der Waals surface area (Å²) in [6, 6.07) is 3.84. The molecule has 0 aliphatic carbocycles. The van der Waals surface area contributed by atoms with Crippen LogP contribution in [0.15, 0.2) is 23.0 Å². The standard InChI is InChI=1S/C14H14N6O4/c15-11(21)6-16-7-1-2-9-8(5-7)14(24)20(19-18-9)10-3-4-12(22)17-13(10)23/h1-2,5,10,16H,3-4,6H2,(H2,15,21)(H,17,22,23).